The van der Waals surface area contributed by atoms with Crippen molar-refractivity contribution in [2.75, 3.05) is 13.2 Å². The van der Waals surface area contributed by atoms with Crippen molar-refractivity contribution < 1.29 is 4.74 Å². The van der Waals surface area contributed by atoms with Gasteiger partial charge in [0, 0.05) is 11.6 Å². The van der Waals surface area contributed by atoms with E-state index in [0.29, 0.717) is 6.04 Å². The van der Waals surface area contributed by atoms with E-state index >= 15 is 0 Å². The van der Waals surface area contributed by atoms with Gasteiger partial charge in [0.05, 0.1) is 6.61 Å². The highest BCUT2D eigenvalue weighted by molar-refractivity contribution is 5.36. The van der Waals surface area contributed by atoms with Crippen molar-refractivity contribution in [3.05, 3.63) is 29.8 Å². The number of nitrogens with one attached hydrogen (secondary N) is 1. The highest BCUT2D eigenvalue weighted by atomic mass is 16.5. The number of para-hydroxylation sites is 1. The van der Waals surface area contributed by atoms with Gasteiger partial charge in [0.25, 0.3) is 0 Å². The Hall–Kier alpha value is -1.02. The van der Waals surface area contributed by atoms with Gasteiger partial charge in [-0.15, -0.1) is 0 Å². The van der Waals surface area contributed by atoms with Crippen LogP contribution in [0.3, 0.4) is 0 Å². The molecule has 0 aliphatic rings. The van der Waals surface area contributed by atoms with Gasteiger partial charge >= 0.3 is 0 Å². The van der Waals surface area contributed by atoms with Crippen LogP contribution in [0.4, 0.5) is 0 Å². The van der Waals surface area contributed by atoms with E-state index in [2.05, 4.69) is 50.4 Å². The summed E-state index contributed by atoms with van der Waals surface area (Å²) in [6.45, 7) is 8.33. The van der Waals surface area contributed by atoms with E-state index in [4.69, 9.17) is 4.74 Å². The van der Waals surface area contributed by atoms with Crippen LogP contribution in [0, 0.1) is 0 Å². The second kappa shape index (κ2) is 8.98. The molecule has 0 saturated heterocycles. The molecule has 2 heteroatoms. The summed E-state index contributed by atoms with van der Waals surface area (Å²) in [6, 6.07) is 8.85. The summed E-state index contributed by atoms with van der Waals surface area (Å²) in [5.74, 6) is 1.04. The van der Waals surface area contributed by atoms with Gasteiger partial charge in [-0.2, -0.15) is 0 Å². The Balaban J connectivity index is 2.80. The third kappa shape index (κ3) is 4.69. The Kier molecular flexibility index (Phi) is 7.51. The Labute approximate surface area is 112 Å². The van der Waals surface area contributed by atoms with Crippen molar-refractivity contribution in [2.45, 2.75) is 52.5 Å². The van der Waals surface area contributed by atoms with Crippen LogP contribution < -0.4 is 10.1 Å². The molecule has 18 heavy (non-hydrogen) atoms. The second-order valence-corrected chi connectivity index (χ2v) is 4.64. The van der Waals surface area contributed by atoms with Gasteiger partial charge in [-0.1, -0.05) is 51.8 Å². The first-order valence-corrected chi connectivity index (χ1v) is 7.28. The number of benzene rings is 1. The first-order chi connectivity index (χ1) is 8.83. The third-order valence-electron chi connectivity index (χ3n) is 3.05. The molecule has 2 nitrogen and oxygen atoms in total. The lowest BCUT2D eigenvalue weighted by atomic mass is 10.00. The van der Waals surface area contributed by atoms with Gasteiger partial charge < -0.3 is 10.1 Å². The minimum atomic E-state index is 0.419. The Bertz CT molecular complexity index is 325. The van der Waals surface area contributed by atoms with Crippen molar-refractivity contribution in [2.24, 2.45) is 0 Å². The molecular weight excluding hydrogens is 222 g/mol. The molecule has 1 aromatic carbocycles. The van der Waals surface area contributed by atoms with E-state index in [1.54, 1.807) is 0 Å². The molecule has 0 spiro atoms. The van der Waals surface area contributed by atoms with E-state index in [0.717, 1.165) is 25.3 Å². The average Bonchev–Trinajstić information content (AvgIpc) is 2.41. The van der Waals surface area contributed by atoms with Crippen molar-refractivity contribution >= 4 is 0 Å². The number of hydrogen-bond donors (Lipinski definition) is 1. The van der Waals surface area contributed by atoms with Gasteiger partial charge in [-0.25, -0.2) is 0 Å². The van der Waals surface area contributed by atoms with Gasteiger partial charge in [-0.05, 0) is 25.5 Å². The number of rotatable bonds is 9. The van der Waals surface area contributed by atoms with Crippen LogP contribution in [0.25, 0.3) is 0 Å². The highest BCUT2D eigenvalue weighted by Crippen LogP contribution is 2.28. The molecule has 0 fully saturated rings. The molecule has 0 radical (unpaired) electrons. The van der Waals surface area contributed by atoms with E-state index in [-0.39, 0.29) is 0 Å². The number of ether oxygens (including phenoxy) is 1. The molecular formula is C16H27NO. The normalized spacial score (nSPS) is 12.4. The quantitative estimate of drug-likeness (QED) is 0.704. The molecule has 0 aromatic heterocycles. The van der Waals surface area contributed by atoms with Crippen molar-refractivity contribution in [1.82, 2.24) is 5.32 Å². The summed E-state index contributed by atoms with van der Waals surface area (Å²) in [6.07, 6.45) is 4.71. The first kappa shape index (κ1) is 15.0. The largest absolute Gasteiger partial charge is 0.493 e. The minimum Gasteiger partial charge on any atom is -0.493 e. The molecule has 0 amide bonds. The standard InChI is InChI=1S/C16H27NO/c1-4-7-11-15(17-6-3)14-10-8-9-12-16(14)18-13-5-2/h8-10,12,15,17H,4-7,11,13H2,1-3H3. The first-order valence-electron chi connectivity index (χ1n) is 7.28. The molecule has 1 unspecified atom stereocenters. The third-order valence-corrected chi connectivity index (χ3v) is 3.05. The average molecular weight is 249 g/mol. The maximum Gasteiger partial charge on any atom is 0.124 e. The summed E-state index contributed by atoms with van der Waals surface area (Å²) in [5, 5.41) is 3.57. The predicted molar refractivity (Wildman–Crippen MR) is 78.2 cm³/mol. The molecule has 1 aromatic rings. The Morgan fingerprint density at radius 2 is 1.89 bits per heavy atom. The molecule has 0 aliphatic carbocycles. The molecule has 0 bridgehead atoms. The molecule has 1 N–H and O–H groups in total. The number of hydrogen-bond acceptors (Lipinski definition) is 2. The fourth-order valence-electron chi connectivity index (χ4n) is 2.13. The van der Waals surface area contributed by atoms with E-state index in [9.17, 15) is 0 Å². The maximum atomic E-state index is 5.85. The highest BCUT2D eigenvalue weighted by Gasteiger charge is 2.14. The van der Waals surface area contributed by atoms with E-state index in [1.807, 2.05) is 0 Å². The van der Waals surface area contributed by atoms with Crippen molar-refractivity contribution in [3.63, 3.8) is 0 Å². The SMILES string of the molecule is CCCCC(NCC)c1ccccc1OCCC. The van der Waals surface area contributed by atoms with Crippen LogP contribution in [0.2, 0.25) is 0 Å². The zero-order valence-corrected chi connectivity index (χ0v) is 12.0. The second-order valence-electron chi connectivity index (χ2n) is 4.64. The van der Waals surface area contributed by atoms with Gasteiger partial charge in [0.15, 0.2) is 0 Å². The summed E-state index contributed by atoms with van der Waals surface area (Å²) in [5.41, 5.74) is 1.31. The Morgan fingerprint density at radius 1 is 1.11 bits per heavy atom. The van der Waals surface area contributed by atoms with Crippen molar-refractivity contribution in [3.8, 4) is 5.75 Å². The smallest absolute Gasteiger partial charge is 0.124 e. The molecule has 1 rings (SSSR count). The van der Waals surface area contributed by atoms with Gasteiger partial charge in [0.1, 0.15) is 5.75 Å². The minimum absolute atomic E-state index is 0.419. The zero-order chi connectivity index (χ0) is 13.2. The molecule has 0 aliphatic heterocycles. The summed E-state index contributed by atoms with van der Waals surface area (Å²) in [7, 11) is 0. The molecule has 0 saturated carbocycles. The lowest BCUT2D eigenvalue weighted by Crippen LogP contribution is -2.21. The number of unbranched alkanes of at least 4 members (excludes halogenated alkanes) is 1. The summed E-state index contributed by atoms with van der Waals surface area (Å²) in [4.78, 5) is 0. The van der Waals surface area contributed by atoms with Crippen LogP contribution in [0.15, 0.2) is 24.3 Å². The van der Waals surface area contributed by atoms with Crippen LogP contribution in [0.1, 0.15) is 58.1 Å². The van der Waals surface area contributed by atoms with Crippen LogP contribution in [0.5, 0.6) is 5.75 Å². The van der Waals surface area contributed by atoms with Crippen LogP contribution >= 0.6 is 0 Å². The van der Waals surface area contributed by atoms with E-state index < -0.39 is 0 Å². The molecule has 102 valence electrons. The van der Waals surface area contributed by atoms with Crippen LogP contribution in [-0.2, 0) is 0 Å². The monoisotopic (exact) mass is 249 g/mol. The van der Waals surface area contributed by atoms with Gasteiger partial charge in [-0.3, -0.25) is 0 Å². The fourth-order valence-corrected chi connectivity index (χ4v) is 2.13. The predicted octanol–water partition coefficient (Wildman–Crippen LogP) is 4.32. The topological polar surface area (TPSA) is 21.3 Å². The fraction of sp³-hybridized carbons (Fsp3) is 0.625. The van der Waals surface area contributed by atoms with Crippen LogP contribution in [-0.4, -0.2) is 13.2 Å². The summed E-state index contributed by atoms with van der Waals surface area (Å²) >= 11 is 0. The Morgan fingerprint density at radius 3 is 2.56 bits per heavy atom. The molecule has 0 heterocycles. The zero-order valence-electron chi connectivity index (χ0n) is 12.0. The van der Waals surface area contributed by atoms with Crippen molar-refractivity contribution in [1.29, 1.82) is 0 Å². The summed E-state index contributed by atoms with van der Waals surface area (Å²) < 4.78 is 5.85. The van der Waals surface area contributed by atoms with E-state index in [1.165, 1.54) is 24.8 Å². The van der Waals surface area contributed by atoms with Gasteiger partial charge in [0.2, 0.25) is 0 Å². The molecule has 1 atom stereocenters. The maximum absolute atomic E-state index is 5.85. The lowest BCUT2D eigenvalue weighted by Gasteiger charge is -2.21. The lowest BCUT2D eigenvalue weighted by molar-refractivity contribution is 0.308.